The molecule has 5 nitrogen and oxygen atoms in total. The summed E-state index contributed by atoms with van der Waals surface area (Å²) in [6.45, 7) is 1.82. The van der Waals surface area contributed by atoms with Gasteiger partial charge in [0.25, 0.3) is 6.01 Å². The average Bonchev–Trinajstić information content (AvgIpc) is 3.19. The lowest BCUT2D eigenvalue weighted by atomic mass is 9.67. The Bertz CT molecular complexity index is 967. The third-order valence-corrected chi connectivity index (χ3v) is 8.15. The maximum absolute atomic E-state index is 13.4. The van der Waals surface area contributed by atoms with Gasteiger partial charge >= 0.3 is 0 Å². The number of fused-ring (bicyclic) bond motifs is 1. The van der Waals surface area contributed by atoms with Crippen LogP contribution in [0.5, 0.6) is 0 Å². The Labute approximate surface area is 191 Å². The van der Waals surface area contributed by atoms with Crippen LogP contribution in [0, 0.1) is 11.3 Å². The molecule has 1 aliphatic heterocycles. The van der Waals surface area contributed by atoms with E-state index < -0.39 is 5.92 Å². The summed E-state index contributed by atoms with van der Waals surface area (Å²) in [7, 11) is 0. The third kappa shape index (κ3) is 4.59. The summed E-state index contributed by atoms with van der Waals surface area (Å²) in [5.74, 6) is -2.86. The first-order valence-electron chi connectivity index (χ1n) is 11.8. The highest BCUT2D eigenvalue weighted by molar-refractivity contribution is 6.31. The number of oxazole rings is 1. The molecule has 3 aliphatic rings. The van der Waals surface area contributed by atoms with E-state index in [1.165, 1.54) is 0 Å². The summed E-state index contributed by atoms with van der Waals surface area (Å²) in [4.78, 5) is 19.4. The van der Waals surface area contributed by atoms with Gasteiger partial charge < -0.3 is 14.6 Å². The lowest BCUT2D eigenvalue weighted by Crippen LogP contribution is -2.47. The van der Waals surface area contributed by atoms with Gasteiger partial charge in [-0.05, 0) is 75.0 Å². The Morgan fingerprint density at radius 1 is 1.06 bits per heavy atom. The minimum absolute atomic E-state index is 0.0210. The Morgan fingerprint density at radius 2 is 1.75 bits per heavy atom. The van der Waals surface area contributed by atoms with Gasteiger partial charge in [-0.2, -0.15) is 4.98 Å². The molecular weight excluding hydrogens is 436 g/mol. The summed E-state index contributed by atoms with van der Waals surface area (Å²) in [6.07, 6.45) is 6.57. The molecule has 1 saturated heterocycles. The van der Waals surface area contributed by atoms with Gasteiger partial charge in [-0.3, -0.25) is 4.79 Å². The van der Waals surface area contributed by atoms with E-state index in [9.17, 15) is 13.6 Å². The molecule has 2 aliphatic carbocycles. The number of nitrogens with one attached hydrogen (secondary N) is 1. The van der Waals surface area contributed by atoms with E-state index in [1.807, 2.05) is 18.2 Å². The largest absolute Gasteiger partial charge is 0.423 e. The van der Waals surface area contributed by atoms with Crippen LogP contribution < -0.4 is 10.2 Å². The summed E-state index contributed by atoms with van der Waals surface area (Å²) in [5.41, 5.74) is 1.85. The topological polar surface area (TPSA) is 58.4 Å². The van der Waals surface area contributed by atoms with E-state index in [1.54, 1.807) is 0 Å². The van der Waals surface area contributed by atoms with Crippen LogP contribution in [0.15, 0.2) is 22.6 Å². The van der Waals surface area contributed by atoms with Crippen molar-refractivity contribution in [1.29, 1.82) is 0 Å². The Morgan fingerprint density at radius 3 is 2.44 bits per heavy atom. The second kappa shape index (κ2) is 8.47. The Hall–Kier alpha value is -1.89. The van der Waals surface area contributed by atoms with Gasteiger partial charge in [0.05, 0.1) is 0 Å². The smallest absolute Gasteiger partial charge is 0.298 e. The number of alkyl halides is 2. The quantitative estimate of drug-likeness (QED) is 0.608. The Balaban J connectivity index is 1.11. The number of anilines is 1. The molecule has 0 bridgehead atoms. The highest BCUT2D eigenvalue weighted by atomic mass is 35.5. The molecule has 8 heteroatoms. The van der Waals surface area contributed by atoms with Crippen molar-refractivity contribution in [2.24, 2.45) is 11.3 Å². The predicted molar refractivity (Wildman–Crippen MR) is 120 cm³/mol. The molecule has 174 valence electrons. The number of amides is 1. The Kier molecular flexibility index (Phi) is 5.81. The zero-order chi connectivity index (χ0) is 22.3. The van der Waals surface area contributed by atoms with Crippen molar-refractivity contribution in [3.8, 4) is 0 Å². The van der Waals surface area contributed by atoms with E-state index in [0.29, 0.717) is 29.3 Å². The van der Waals surface area contributed by atoms with Crippen LogP contribution in [0.4, 0.5) is 14.8 Å². The molecule has 0 atom stereocenters. The number of hydrogen-bond donors (Lipinski definition) is 1. The highest BCUT2D eigenvalue weighted by Crippen LogP contribution is 2.45. The van der Waals surface area contributed by atoms with E-state index in [-0.39, 0.29) is 30.7 Å². The van der Waals surface area contributed by atoms with Crippen LogP contribution in [0.25, 0.3) is 11.1 Å². The fraction of sp³-hybridized carbons (Fsp3) is 0.667. The van der Waals surface area contributed by atoms with Crippen LogP contribution in [0.2, 0.25) is 5.02 Å². The fourth-order valence-corrected chi connectivity index (χ4v) is 5.86. The van der Waals surface area contributed by atoms with Crippen molar-refractivity contribution in [2.75, 3.05) is 18.0 Å². The van der Waals surface area contributed by atoms with Crippen LogP contribution in [-0.4, -0.2) is 35.9 Å². The van der Waals surface area contributed by atoms with Gasteiger partial charge in [-0.1, -0.05) is 11.6 Å². The minimum Gasteiger partial charge on any atom is -0.423 e. The molecule has 3 fully saturated rings. The molecule has 2 heterocycles. The minimum atomic E-state index is -2.59. The van der Waals surface area contributed by atoms with E-state index in [4.69, 9.17) is 16.0 Å². The molecule has 5 rings (SSSR count). The van der Waals surface area contributed by atoms with Crippen molar-refractivity contribution >= 4 is 34.6 Å². The highest BCUT2D eigenvalue weighted by Gasteiger charge is 2.41. The number of rotatable bonds is 3. The summed E-state index contributed by atoms with van der Waals surface area (Å²) < 4.78 is 32.6. The first-order chi connectivity index (χ1) is 15.3. The van der Waals surface area contributed by atoms with Crippen molar-refractivity contribution in [1.82, 2.24) is 10.3 Å². The maximum Gasteiger partial charge on any atom is 0.298 e. The zero-order valence-electron chi connectivity index (χ0n) is 18.2. The number of piperidine rings is 1. The van der Waals surface area contributed by atoms with Gasteiger partial charge in [-0.15, -0.1) is 0 Å². The number of hydrogen-bond acceptors (Lipinski definition) is 4. The molecule has 2 saturated carbocycles. The maximum atomic E-state index is 13.4. The van der Waals surface area contributed by atoms with Crippen LogP contribution >= 0.6 is 11.6 Å². The monoisotopic (exact) mass is 465 g/mol. The number of nitrogens with zero attached hydrogens (tertiary/aromatic N) is 2. The average molecular weight is 466 g/mol. The molecule has 1 amide bonds. The lowest BCUT2D eigenvalue weighted by Gasteiger charge is -2.45. The summed E-state index contributed by atoms with van der Waals surface area (Å²) >= 11 is 6.06. The second-order valence-corrected chi connectivity index (χ2v) is 10.4. The van der Waals surface area contributed by atoms with Gasteiger partial charge in [0.15, 0.2) is 5.58 Å². The molecule has 0 radical (unpaired) electrons. The summed E-state index contributed by atoms with van der Waals surface area (Å²) in [6, 6.07) is 6.33. The second-order valence-electron chi connectivity index (χ2n) is 10.0. The zero-order valence-corrected chi connectivity index (χ0v) is 19.0. The lowest BCUT2D eigenvalue weighted by molar-refractivity contribution is -0.130. The molecule has 1 N–H and O–H groups in total. The van der Waals surface area contributed by atoms with E-state index in [2.05, 4.69) is 15.2 Å². The first kappa shape index (κ1) is 21.9. The number of carbonyl (C=O) groups is 1. The number of aromatic nitrogens is 1. The molecular formula is C24H30ClF2N3O2. The van der Waals surface area contributed by atoms with E-state index >= 15 is 0 Å². The number of benzene rings is 1. The predicted octanol–water partition coefficient (Wildman–Crippen LogP) is 5.95. The third-order valence-electron chi connectivity index (χ3n) is 7.91. The van der Waals surface area contributed by atoms with Gasteiger partial charge in [-0.25, -0.2) is 8.78 Å². The van der Waals surface area contributed by atoms with Crippen molar-refractivity contribution in [3.05, 3.63) is 23.2 Å². The number of carbonyl (C=O) groups excluding carboxylic acids is 1. The number of halogens is 3. The van der Waals surface area contributed by atoms with Crippen LogP contribution in [-0.2, 0) is 4.79 Å². The first-order valence-corrected chi connectivity index (χ1v) is 12.2. The standard InChI is InChI=1S/C24H30ClF2N3O2/c25-17-1-2-20-19(15-17)29-22(32-20)30-13-11-23(12-14-30)7-5-18(6-8-23)28-21(31)16-3-9-24(26,27)10-4-16/h1-2,15-16,18H,3-14H2,(H,28,31). The molecule has 32 heavy (non-hydrogen) atoms. The van der Waals surface area contributed by atoms with Crippen LogP contribution in [0.1, 0.15) is 64.2 Å². The molecule has 1 spiro atoms. The van der Waals surface area contributed by atoms with Crippen LogP contribution in [0.3, 0.4) is 0 Å². The van der Waals surface area contributed by atoms with Gasteiger partial charge in [0, 0.05) is 42.9 Å². The van der Waals surface area contributed by atoms with Gasteiger partial charge in [0.1, 0.15) is 5.52 Å². The molecule has 1 aromatic carbocycles. The fourth-order valence-electron chi connectivity index (χ4n) is 5.69. The molecule has 0 unspecified atom stereocenters. The summed E-state index contributed by atoms with van der Waals surface area (Å²) in [5, 5.41) is 3.81. The van der Waals surface area contributed by atoms with Crippen molar-refractivity contribution in [3.63, 3.8) is 0 Å². The SMILES string of the molecule is O=C(NC1CCC2(CC1)CCN(c1nc3cc(Cl)ccc3o1)CC2)C1CCC(F)(F)CC1. The normalized spacial score (nSPS) is 24.2. The van der Waals surface area contributed by atoms with E-state index in [0.717, 1.165) is 62.7 Å². The molecule has 2 aromatic rings. The molecule has 1 aromatic heterocycles. The van der Waals surface area contributed by atoms with Crippen molar-refractivity contribution in [2.45, 2.75) is 76.2 Å². The van der Waals surface area contributed by atoms with Gasteiger partial charge in [0.2, 0.25) is 11.8 Å². The van der Waals surface area contributed by atoms with Crippen molar-refractivity contribution < 1.29 is 18.0 Å².